The summed E-state index contributed by atoms with van der Waals surface area (Å²) in [6.45, 7) is 0. The molecule has 0 spiro atoms. The highest BCUT2D eigenvalue weighted by Crippen LogP contribution is 2.31. The second-order valence-corrected chi connectivity index (χ2v) is 3.80. The highest BCUT2D eigenvalue weighted by Gasteiger charge is 2.30. The Morgan fingerprint density at radius 2 is 2.19 bits per heavy atom. The molecule has 1 aromatic rings. The van der Waals surface area contributed by atoms with Crippen molar-refractivity contribution in [2.75, 3.05) is 0 Å². The standard InChI is InChI=1S/C7H4F2IN3O3/c8-6(9)4-3(7(11)14)5(13(15)16)2(10)1-12-4/h1,6H,(H2,11,14). The van der Waals surface area contributed by atoms with Crippen LogP contribution in [0.1, 0.15) is 22.5 Å². The highest BCUT2D eigenvalue weighted by molar-refractivity contribution is 14.1. The Labute approximate surface area is 101 Å². The quantitative estimate of drug-likeness (QED) is 0.512. The second kappa shape index (κ2) is 4.63. The molecule has 0 fully saturated rings. The van der Waals surface area contributed by atoms with E-state index in [0.29, 0.717) is 0 Å². The number of hydrogen-bond donors (Lipinski definition) is 1. The maximum Gasteiger partial charge on any atom is 0.299 e. The van der Waals surface area contributed by atoms with Gasteiger partial charge in [-0.2, -0.15) is 0 Å². The van der Waals surface area contributed by atoms with Gasteiger partial charge in [-0.05, 0) is 22.6 Å². The summed E-state index contributed by atoms with van der Waals surface area (Å²) in [6, 6.07) is 0. The third-order valence-corrected chi connectivity index (χ3v) is 2.46. The van der Waals surface area contributed by atoms with Crippen LogP contribution in [0.4, 0.5) is 14.5 Å². The van der Waals surface area contributed by atoms with Crippen molar-refractivity contribution in [3.8, 4) is 0 Å². The number of nitrogens with zero attached hydrogens (tertiary/aromatic N) is 2. The Morgan fingerprint density at radius 3 is 2.56 bits per heavy atom. The number of carbonyl (C=O) groups excluding carboxylic acids is 1. The number of nitro groups is 1. The Morgan fingerprint density at radius 1 is 1.62 bits per heavy atom. The van der Waals surface area contributed by atoms with E-state index in [1.807, 2.05) is 0 Å². The largest absolute Gasteiger partial charge is 0.365 e. The topological polar surface area (TPSA) is 99.1 Å². The first-order valence-corrected chi connectivity index (χ1v) is 4.84. The summed E-state index contributed by atoms with van der Waals surface area (Å²) in [6.07, 6.45) is -2.20. The van der Waals surface area contributed by atoms with E-state index < -0.39 is 34.2 Å². The van der Waals surface area contributed by atoms with Crippen molar-refractivity contribution >= 4 is 34.2 Å². The lowest BCUT2D eigenvalue weighted by Crippen LogP contribution is -2.18. The fraction of sp³-hybridized carbons (Fsp3) is 0.143. The highest BCUT2D eigenvalue weighted by atomic mass is 127. The number of alkyl halides is 2. The summed E-state index contributed by atoms with van der Waals surface area (Å²) >= 11 is 1.52. The van der Waals surface area contributed by atoms with Crippen LogP contribution >= 0.6 is 22.6 Å². The van der Waals surface area contributed by atoms with Gasteiger partial charge in [0, 0.05) is 6.20 Å². The summed E-state index contributed by atoms with van der Waals surface area (Å²) in [4.78, 5) is 23.9. The molecule has 86 valence electrons. The zero-order chi connectivity index (χ0) is 12.5. The number of rotatable bonds is 3. The number of primary amides is 1. The van der Waals surface area contributed by atoms with E-state index >= 15 is 0 Å². The second-order valence-electron chi connectivity index (χ2n) is 2.64. The fourth-order valence-corrected chi connectivity index (χ4v) is 1.69. The van der Waals surface area contributed by atoms with E-state index in [0.717, 1.165) is 6.20 Å². The Kier molecular flexibility index (Phi) is 3.67. The number of aromatic nitrogens is 1. The minimum Gasteiger partial charge on any atom is -0.365 e. The van der Waals surface area contributed by atoms with Crippen LogP contribution < -0.4 is 5.73 Å². The van der Waals surface area contributed by atoms with Crippen molar-refractivity contribution in [3.63, 3.8) is 0 Å². The summed E-state index contributed by atoms with van der Waals surface area (Å²) in [5.41, 5.74) is 2.29. The zero-order valence-electron chi connectivity index (χ0n) is 7.49. The Balaban J connectivity index is 3.63. The minimum absolute atomic E-state index is 0.0270. The Bertz CT molecular complexity index is 466. The lowest BCUT2D eigenvalue weighted by Gasteiger charge is -2.06. The van der Waals surface area contributed by atoms with E-state index in [2.05, 4.69) is 4.98 Å². The van der Waals surface area contributed by atoms with E-state index in [1.165, 1.54) is 22.6 Å². The molecule has 16 heavy (non-hydrogen) atoms. The van der Waals surface area contributed by atoms with E-state index in [9.17, 15) is 23.7 Å². The molecule has 0 aromatic carbocycles. The average molecular weight is 343 g/mol. The summed E-state index contributed by atoms with van der Waals surface area (Å²) in [5, 5.41) is 10.6. The van der Waals surface area contributed by atoms with Crippen molar-refractivity contribution in [2.45, 2.75) is 6.43 Å². The molecule has 0 aliphatic heterocycles. The van der Waals surface area contributed by atoms with Crippen molar-refractivity contribution in [2.24, 2.45) is 5.73 Å². The van der Waals surface area contributed by atoms with Crippen molar-refractivity contribution in [1.82, 2.24) is 4.98 Å². The first-order chi connectivity index (χ1) is 7.36. The van der Waals surface area contributed by atoms with E-state index in [4.69, 9.17) is 5.73 Å². The number of amides is 1. The molecule has 2 N–H and O–H groups in total. The molecule has 1 amide bonds. The van der Waals surface area contributed by atoms with Gasteiger partial charge in [0.05, 0.1) is 4.92 Å². The zero-order valence-corrected chi connectivity index (χ0v) is 9.64. The predicted molar refractivity (Wildman–Crippen MR) is 57.1 cm³/mol. The van der Waals surface area contributed by atoms with Crippen LogP contribution in [-0.4, -0.2) is 15.8 Å². The first-order valence-electron chi connectivity index (χ1n) is 3.77. The molecule has 0 saturated carbocycles. The minimum atomic E-state index is -3.10. The molecular weight excluding hydrogens is 339 g/mol. The van der Waals surface area contributed by atoms with Gasteiger partial charge in [0.15, 0.2) is 0 Å². The van der Waals surface area contributed by atoms with Gasteiger partial charge in [-0.1, -0.05) is 0 Å². The molecule has 0 unspecified atom stereocenters. The monoisotopic (exact) mass is 343 g/mol. The molecule has 0 aliphatic rings. The summed E-state index contributed by atoms with van der Waals surface area (Å²) < 4.78 is 24.9. The average Bonchev–Trinajstić information content (AvgIpc) is 2.15. The van der Waals surface area contributed by atoms with Crippen molar-refractivity contribution in [3.05, 3.63) is 31.1 Å². The predicted octanol–water partition coefficient (Wildman–Crippen LogP) is 1.63. The number of hydrogen-bond acceptors (Lipinski definition) is 4. The van der Waals surface area contributed by atoms with Gasteiger partial charge in [-0.25, -0.2) is 8.78 Å². The molecule has 1 heterocycles. The van der Waals surface area contributed by atoms with Crippen LogP contribution in [-0.2, 0) is 0 Å². The molecule has 9 heteroatoms. The molecular formula is C7H4F2IN3O3. The molecule has 1 aromatic heterocycles. The first kappa shape index (κ1) is 12.7. The lowest BCUT2D eigenvalue weighted by molar-refractivity contribution is -0.386. The molecule has 6 nitrogen and oxygen atoms in total. The van der Waals surface area contributed by atoms with Gasteiger partial charge in [0.25, 0.3) is 18.0 Å². The van der Waals surface area contributed by atoms with Gasteiger partial charge in [-0.3, -0.25) is 19.9 Å². The van der Waals surface area contributed by atoms with Crippen LogP contribution in [0.15, 0.2) is 6.20 Å². The third kappa shape index (κ3) is 2.23. The maximum atomic E-state index is 12.5. The van der Waals surface area contributed by atoms with Crippen LogP contribution in [0.25, 0.3) is 0 Å². The van der Waals surface area contributed by atoms with Crippen LogP contribution in [0, 0.1) is 13.7 Å². The molecule has 0 aliphatic carbocycles. The van der Waals surface area contributed by atoms with Crippen LogP contribution in [0.5, 0.6) is 0 Å². The normalized spacial score (nSPS) is 10.5. The molecule has 0 bridgehead atoms. The van der Waals surface area contributed by atoms with Crippen LogP contribution in [0.3, 0.4) is 0 Å². The van der Waals surface area contributed by atoms with E-state index in [-0.39, 0.29) is 3.57 Å². The Hall–Kier alpha value is -1.39. The van der Waals surface area contributed by atoms with Crippen LogP contribution in [0.2, 0.25) is 0 Å². The van der Waals surface area contributed by atoms with Gasteiger partial charge in [-0.15, -0.1) is 0 Å². The smallest absolute Gasteiger partial charge is 0.299 e. The fourth-order valence-electron chi connectivity index (χ4n) is 1.08. The van der Waals surface area contributed by atoms with Gasteiger partial charge in [0.2, 0.25) is 0 Å². The number of nitrogens with two attached hydrogens (primary N) is 1. The number of halogens is 3. The maximum absolute atomic E-state index is 12.5. The molecule has 0 atom stereocenters. The van der Waals surface area contributed by atoms with Crippen molar-refractivity contribution in [1.29, 1.82) is 0 Å². The van der Waals surface area contributed by atoms with Gasteiger partial charge in [0.1, 0.15) is 14.8 Å². The molecule has 1 rings (SSSR count). The number of carbonyl (C=O) groups is 1. The van der Waals surface area contributed by atoms with Gasteiger partial charge < -0.3 is 5.73 Å². The molecule has 0 saturated heterocycles. The van der Waals surface area contributed by atoms with Gasteiger partial charge >= 0.3 is 0 Å². The number of pyridine rings is 1. The third-order valence-electron chi connectivity index (χ3n) is 1.67. The van der Waals surface area contributed by atoms with E-state index in [1.54, 1.807) is 0 Å². The lowest BCUT2D eigenvalue weighted by atomic mass is 10.1. The summed E-state index contributed by atoms with van der Waals surface area (Å²) in [7, 11) is 0. The SMILES string of the molecule is NC(=O)c1c(C(F)F)ncc(I)c1[N+](=O)[O-]. The van der Waals surface area contributed by atoms with Crippen molar-refractivity contribution < 1.29 is 18.5 Å². The molecule has 0 radical (unpaired) electrons. The summed E-state index contributed by atoms with van der Waals surface area (Å²) in [5.74, 6) is -1.30.